The minimum Gasteiger partial charge on any atom is -0.325 e. The Bertz CT molecular complexity index is 1020. The Kier molecular flexibility index (Phi) is 6.66. The van der Waals surface area contributed by atoms with Crippen LogP contribution in [0.15, 0.2) is 46.8 Å². The minimum absolute atomic E-state index is 0.142. The second-order valence-electron chi connectivity index (χ2n) is 5.99. The molecule has 0 spiro atoms. The SMILES string of the molecule is Cc1ccc(NC(=O)CSc2nnc(C(=O)Nc3cccc(Cl)c3)s2)c(C)c1. The second kappa shape index (κ2) is 9.18. The van der Waals surface area contributed by atoms with Gasteiger partial charge in [0.25, 0.3) is 5.91 Å². The number of nitrogens with zero attached hydrogens (tertiary/aromatic N) is 2. The van der Waals surface area contributed by atoms with E-state index in [0.29, 0.717) is 15.0 Å². The topological polar surface area (TPSA) is 84.0 Å². The lowest BCUT2D eigenvalue weighted by Gasteiger charge is -2.08. The number of nitrogens with one attached hydrogen (secondary N) is 2. The van der Waals surface area contributed by atoms with E-state index in [1.54, 1.807) is 24.3 Å². The highest BCUT2D eigenvalue weighted by atomic mass is 35.5. The van der Waals surface area contributed by atoms with E-state index in [2.05, 4.69) is 20.8 Å². The molecule has 0 radical (unpaired) electrons. The average molecular weight is 433 g/mol. The van der Waals surface area contributed by atoms with Crippen LogP contribution in [0.3, 0.4) is 0 Å². The zero-order valence-corrected chi connectivity index (χ0v) is 17.5. The zero-order chi connectivity index (χ0) is 20.1. The minimum atomic E-state index is -0.369. The van der Waals surface area contributed by atoms with Crippen molar-refractivity contribution in [3.63, 3.8) is 0 Å². The molecular formula is C19H17ClN4O2S2. The van der Waals surface area contributed by atoms with Crippen LogP contribution in [0.2, 0.25) is 5.02 Å². The lowest BCUT2D eigenvalue weighted by atomic mass is 10.1. The van der Waals surface area contributed by atoms with Crippen LogP contribution in [0.25, 0.3) is 0 Å². The zero-order valence-electron chi connectivity index (χ0n) is 15.2. The summed E-state index contributed by atoms with van der Waals surface area (Å²) in [6.07, 6.45) is 0. The molecule has 0 aliphatic heterocycles. The largest absolute Gasteiger partial charge is 0.325 e. The summed E-state index contributed by atoms with van der Waals surface area (Å²) >= 11 is 8.28. The number of anilines is 2. The number of carbonyl (C=O) groups excluding carboxylic acids is 2. The summed E-state index contributed by atoms with van der Waals surface area (Å²) < 4.78 is 0.548. The van der Waals surface area contributed by atoms with Gasteiger partial charge in [-0.3, -0.25) is 9.59 Å². The molecule has 2 N–H and O–H groups in total. The molecular weight excluding hydrogens is 416 g/mol. The number of halogens is 1. The Morgan fingerprint density at radius 1 is 1.11 bits per heavy atom. The Balaban J connectivity index is 1.54. The van der Waals surface area contributed by atoms with Crippen LogP contribution >= 0.6 is 34.7 Å². The Morgan fingerprint density at radius 2 is 1.93 bits per heavy atom. The second-order valence-corrected chi connectivity index (χ2v) is 8.63. The smallest absolute Gasteiger partial charge is 0.286 e. The Morgan fingerprint density at radius 3 is 2.68 bits per heavy atom. The van der Waals surface area contributed by atoms with Gasteiger partial charge in [-0.05, 0) is 43.7 Å². The van der Waals surface area contributed by atoms with Gasteiger partial charge in [0.1, 0.15) is 0 Å². The van der Waals surface area contributed by atoms with Crippen molar-refractivity contribution >= 4 is 57.9 Å². The van der Waals surface area contributed by atoms with Crippen LogP contribution < -0.4 is 10.6 Å². The molecule has 144 valence electrons. The normalized spacial score (nSPS) is 10.5. The summed E-state index contributed by atoms with van der Waals surface area (Å²) in [7, 11) is 0. The number of rotatable bonds is 6. The van der Waals surface area contributed by atoms with Crippen molar-refractivity contribution in [1.29, 1.82) is 0 Å². The number of benzene rings is 2. The van der Waals surface area contributed by atoms with Crippen LogP contribution in [0.5, 0.6) is 0 Å². The first kappa shape index (κ1) is 20.3. The van der Waals surface area contributed by atoms with Crippen molar-refractivity contribution in [2.75, 3.05) is 16.4 Å². The lowest BCUT2D eigenvalue weighted by molar-refractivity contribution is -0.113. The number of aromatic nitrogens is 2. The van der Waals surface area contributed by atoms with Crippen molar-refractivity contribution in [2.24, 2.45) is 0 Å². The fourth-order valence-corrected chi connectivity index (χ4v) is 4.12. The van der Waals surface area contributed by atoms with E-state index in [0.717, 1.165) is 28.2 Å². The number of thioether (sulfide) groups is 1. The molecule has 0 aliphatic rings. The fourth-order valence-electron chi connectivity index (χ4n) is 2.38. The molecule has 3 aromatic rings. The van der Waals surface area contributed by atoms with Gasteiger partial charge in [-0.25, -0.2) is 0 Å². The number of hydrogen-bond donors (Lipinski definition) is 2. The van der Waals surface area contributed by atoms with Crippen molar-refractivity contribution in [1.82, 2.24) is 10.2 Å². The van der Waals surface area contributed by atoms with E-state index in [-0.39, 0.29) is 22.6 Å². The van der Waals surface area contributed by atoms with Crippen LogP contribution in [-0.4, -0.2) is 27.8 Å². The molecule has 1 aromatic heterocycles. The molecule has 9 heteroatoms. The maximum Gasteiger partial charge on any atom is 0.286 e. The molecule has 0 fully saturated rings. The third-order valence-corrected chi connectivity index (χ3v) is 5.96. The van der Waals surface area contributed by atoms with Gasteiger partial charge < -0.3 is 10.6 Å². The van der Waals surface area contributed by atoms with E-state index in [4.69, 9.17) is 11.6 Å². The fraction of sp³-hybridized carbons (Fsp3) is 0.158. The van der Waals surface area contributed by atoms with Gasteiger partial charge >= 0.3 is 0 Å². The molecule has 28 heavy (non-hydrogen) atoms. The van der Waals surface area contributed by atoms with E-state index in [1.807, 2.05) is 32.0 Å². The molecule has 0 unspecified atom stereocenters. The predicted molar refractivity (Wildman–Crippen MR) is 115 cm³/mol. The van der Waals surface area contributed by atoms with Gasteiger partial charge in [0.05, 0.1) is 5.75 Å². The lowest BCUT2D eigenvalue weighted by Crippen LogP contribution is -2.14. The van der Waals surface area contributed by atoms with Crippen LogP contribution in [0, 0.1) is 13.8 Å². The molecule has 0 saturated carbocycles. The molecule has 2 aromatic carbocycles. The van der Waals surface area contributed by atoms with Crippen molar-refractivity contribution in [3.8, 4) is 0 Å². The molecule has 0 atom stereocenters. The van der Waals surface area contributed by atoms with Gasteiger partial charge in [-0.2, -0.15) is 0 Å². The summed E-state index contributed by atoms with van der Waals surface area (Å²) in [6, 6.07) is 12.7. The summed E-state index contributed by atoms with van der Waals surface area (Å²) in [4.78, 5) is 24.4. The average Bonchev–Trinajstić information content (AvgIpc) is 3.12. The molecule has 2 amide bonds. The summed E-state index contributed by atoms with van der Waals surface area (Å²) in [5.74, 6) is -0.332. The quantitative estimate of drug-likeness (QED) is 0.547. The van der Waals surface area contributed by atoms with Crippen molar-refractivity contribution in [3.05, 3.63) is 63.6 Å². The number of carbonyl (C=O) groups is 2. The standard InChI is InChI=1S/C19H17ClN4O2S2/c1-11-6-7-15(12(2)8-11)22-16(25)10-27-19-24-23-18(28-19)17(26)21-14-5-3-4-13(20)9-14/h3-9H,10H2,1-2H3,(H,21,26)(H,22,25). The molecule has 1 heterocycles. The maximum atomic E-state index is 12.2. The van der Waals surface area contributed by atoms with Gasteiger partial charge in [-0.1, -0.05) is 58.5 Å². The molecule has 0 aliphatic carbocycles. The molecule has 3 rings (SSSR count). The van der Waals surface area contributed by atoms with Gasteiger partial charge in [0.2, 0.25) is 10.9 Å². The molecule has 0 bridgehead atoms. The number of aryl methyl sites for hydroxylation is 2. The molecule has 0 saturated heterocycles. The van der Waals surface area contributed by atoms with Crippen molar-refractivity contribution in [2.45, 2.75) is 18.2 Å². The maximum absolute atomic E-state index is 12.2. The van der Waals surface area contributed by atoms with Gasteiger partial charge in [-0.15, -0.1) is 10.2 Å². The van der Waals surface area contributed by atoms with Gasteiger partial charge in [0.15, 0.2) is 4.34 Å². The summed E-state index contributed by atoms with van der Waals surface area (Å²) in [6.45, 7) is 3.95. The highest BCUT2D eigenvalue weighted by Gasteiger charge is 2.15. The first-order valence-corrected chi connectivity index (χ1v) is 10.5. The molecule has 6 nitrogen and oxygen atoms in total. The monoisotopic (exact) mass is 432 g/mol. The van der Waals surface area contributed by atoms with E-state index in [9.17, 15) is 9.59 Å². The van der Waals surface area contributed by atoms with Crippen LogP contribution in [0.4, 0.5) is 11.4 Å². The third kappa shape index (κ3) is 5.54. The Hall–Kier alpha value is -2.42. The number of hydrogen-bond acceptors (Lipinski definition) is 6. The number of amides is 2. The van der Waals surface area contributed by atoms with E-state index >= 15 is 0 Å². The van der Waals surface area contributed by atoms with Crippen LogP contribution in [-0.2, 0) is 4.79 Å². The first-order valence-electron chi connectivity index (χ1n) is 8.31. The first-order chi connectivity index (χ1) is 13.4. The highest BCUT2D eigenvalue weighted by molar-refractivity contribution is 8.01. The summed E-state index contributed by atoms with van der Waals surface area (Å²) in [5, 5.41) is 14.2. The van der Waals surface area contributed by atoms with E-state index < -0.39 is 0 Å². The summed E-state index contributed by atoms with van der Waals surface area (Å²) in [5.41, 5.74) is 3.52. The van der Waals surface area contributed by atoms with Crippen molar-refractivity contribution < 1.29 is 9.59 Å². The van der Waals surface area contributed by atoms with Gasteiger partial charge in [0, 0.05) is 16.4 Å². The van der Waals surface area contributed by atoms with Crippen LogP contribution in [0.1, 0.15) is 20.9 Å². The predicted octanol–water partition coefficient (Wildman–Crippen LogP) is 4.79. The third-order valence-electron chi connectivity index (χ3n) is 3.67. The Labute approximate surface area is 175 Å². The highest BCUT2D eigenvalue weighted by Crippen LogP contribution is 2.24. The van der Waals surface area contributed by atoms with E-state index in [1.165, 1.54) is 11.8 Å².